The number of carbonyl (C=O) groups excluding carboxylic acids is 2. The second-order valence-corrected chi connectivity index (χ2v) is 8.85. The first-order valence-electron chi connectivity index (χ1n) is 11.8. The predicted molar refractivity (Wildman–Crippen MR) is 130 cm³/mol. The van der Waals surface area contributed by atoms with Crippen molar-refractivity contribution in [1.82, 2.24) is 34.7 Å². The lowest BCUT2D eigenvalue weighted by Gasteiger charge is -2.36. The van der Waals surface area contributed by atoms with Crippen molar-refractivity contribution >= 4 is 28.8 Å². The molecule has 2 fully saturated rings. The van der Waals surface area contributed by atoms with Crippen LogP contribution in [0.2, 0.25) is 0 Å². The number of nitrogens with one attached hydrogen (secondary N) is 1. The highest BCUT2D eigenvalue weighted by molar-refractivity contribution is 5.94. The Hall–Kier alpha value is -4.12. The summed E-state index contributed by atoms with van der Waals surface area (Å²) < 4.78 is 7.00. The summed E-state index contributed by atoms with van der Waals surface area (Å²) in [6.07, 6.45) is 2.12. The molecule has 5 rings (SSSR count). The van der Waals surface area contributed by atoms with Crippen molar-refractivity contribution in [2.45, 2.75) is 49.8 Å². The van der Waals surface area contributed by atoms with E-state index in [1.165, 1.54) is 17.9 Å². The van der Waals surface area contributed by atoms with E-state index in [9.17, 15) is 19.8 Å². The fourth-order valence-corrected chi connectivity index (χ4v) is 4.36. The molecule has 37 heavy (non-hydrogen) atoms. The number of nitrogen functional groups attached to an aromatic ring is 1. The molecule has 3 aromatic heterocycles. The summed E-state index contributed by atoms with van der Waals surface area (Å²) in [5.41, 5.74) is 7.09. The van der Waals surface area contributed by atoms with Crippen LogP contribution in [0, 0.1) is 11.8 Å². The third kappa shape index (κ3) is 4.57. The van der Waals surface area contributed by atoms with E-state index in [-0.39, 0.29) is 41.3 Å². The van der Waals surface area contributed by atoms with Crippen molar-refractivity contribution in [1.29, 1.82) is 0 Å². The molecule has 5 N–H and O–H groups in total. The van der Waals surface area contributed by atoms with Gasteiger partial charge in [0.05, 0.1) is 12.9 Å². The summed E-state index contributed by atoms with van der Waals surface area (Å²) in [5, 5.41) is 23.2. The Morgan fingerprint density at radius 3 is 2.68 bits per heavy atom. The van der Waals surface area contributed by atoms with E-state index in [1.54, 1.807) is 29.4 Å². The molecular formula is C24H26N8O5. The van der Waals surface area contributed by atoms with Gasteiger partial charge in [-0.2, -0.15) is 0 Å². The number of pyridine rings is 1. The lowest BCUT2D eigenvalue weighted by Crippen LogP contribution is -2.44. The maximum Gasteiger partial charge on any atom is 0.255 e. The minimum Gasteiger partial charge on any atom is -0.387 e. The molecule has 0 radical (unpaired) electrons. The highest BCUT2D eigenvalue weighted by Gasteiger charge is 2.47. The molecule has 13 heteroatoms. The standard InChI is InChI=1S/C24H26N8O5/c1-26-22(35)19-17(33)18(34)24(37-19)32-12-28-16-20(25)29-15(30-21(16)32)6-3-11-31(14-4-2-5-14)23(36)13-7-9-27-10-8-13/h7-10,12,14,17-19,24,33-34H,2,4-5,11H2,1H3,(H,26,35)(H2,25,29,30)/t17?,18-,19+,24-/m1/s1. The van der Waals surface area contributed by atoms with Crippen LogP contribution in [0.5, 0.6) is 0 Å². The number of likely N-dealkylation sites (N-methyl/N-ethyl adjacent to an activating group) is 1. The molecule has 2 amide bonds. The second kappa shape index (κ2) is 10.1. The van der Waals surface area contributed by atoms with Gasteiger partial charge in [0.2, 0.25) is 5.82 Å². The number of imidazole rings is 1. The number of ether oxygens (including phenoxy) is 1. The van der Waals surface area contributed by atoms with Gasteiger partial charge in [0.1, 0.15) is 17.7 Å². The van der Waals surface area contributed by atoms with Gasteiger partial charge in [-0.05, 0) is 37.3 Å². The van der Waals surface area contributed by atoms with E-state index < -0.39 is 30.4 Å². The molecular weight excluding hydrogens is 480 g/mol. The summed E-state index contributed by atoms with van der Waals surface area (Å²) in [6.45, 7) is 0.177. The van der Waals surface area contributed by atoms with Gasteiger partial charge in [-0.25, -0.2) is 15.0 Å². The van der Waals surface area contributed by atoms with Crippen LogP contribution >= 0.6 is 0 Å². The quantitative estimate of drug-likeness (QED) is 0.320. The van der Waals surface area contributed by atoms with Gasteiger partial charge in [0.25, 0.3) is 11.8 Å². The average Bonchev–Trinajstić information content (AvgIpc) is 3.43. The number of aromatic nitrogens is 5. The Kier molecular flexibility index (Phi) is 6.70. The number of aliphatic hydroxyl groups is 2. The fourth-order valence-electron chi connectivity index (χ4n) is 4.36. The number of carbonyl (C=O) groups is 2. The van der Waals surface area contributed by atoms with E-state index in [0.717, 1.165) is 19.3 Å². The highest BCUT2D eigenvalue weighted by Crippen LogP contribution is 2.32. The van der Waals surface area contributed by atoms with Crippen molar-refractivity contribution < 1.29 is 24.5 Å². The number of nitrogens with zero attached hydrogens (tertiary/aromatic N) is 6. The number of nitrogens with two attached hydrogens (primary N) is 1. The summed E-state index contributed by atoms with van der Waals surface area (Å²) in [5.74, 6) is 5.30. The molecule has 1 aliphatic carbocycles. The third-order valence-electron chi connectivity index (χ3n) is 6.62. The van der Waals surface area contributed by atoms with Crippen molar-refractivity contribution in [3.63, 3.8) is 0 Å². The Morgan fingerprint density at radius 2 is 2.00 bits per heavy atom. The molecule has 0 aromatic carbocycles. The van der Waals surface area contributed by atoms with Gasteiger partial charge in [-0.3, -0.25) is 19.1 Å². The number of rotatable bonds is 5. The van der Waals surface area contributed by atoms with Crippen LogP contribution in [0.25, 0.3) is 11.2 Å². The monoisotopic (exact) mass is 506 g/mol. The zero-order valence-electron chi connectivity index (χ0n) is 20.0. The molecule has 1 aliphatic heterocycles. The fraction of sp³-hybridized carbons (Fsp3) is 0.417. The van der Waals surface area contributed by atoms with Crippen molar-refractivity contribution in [2.24, 2.45) is 0 Å². The molecule has 1 saturated carbocycles. The van der Waals surface area contributed by atoms with Crippen LogP contribution < -0.4 is 11.1 Å². The van der Waals surface area contributed by atoms with E-state index in [2.05, 4.69) is 37.1 Å². The Balaban J connectivity index is 1.40. The maximum absolute atomic E-state index is 13.0. The zero-order chi connectivity index (χ0) is 26.1. The largest absolute Gasteiger partial charge is 0.387 e. The Morgan fingerprint density at radius 1 is 1.24 bits per heavy atom. The van der Waals surface area contributed by atoms with Crippen LogP contribution in [0.4, 0.5) is 5.82 Å². The lowest BCUT2D eigenvalue weighted by molar-refractivity contribution is -0.137. The van der Waals surface area contributed by atoms with Crippen LogP contribution in [0.15, 0.2) is 30.9 Å². The first-order chi connectivity index (χ1) is 17.9. The van der Waals surface area contributed by atoms with E-state index >= 15 is 0 Å². The summed E-state index contributed by atoms with van der Waals surface area (Å²) >= 11 is 0. The number of fused-ring (bicyclic) bond motifs is 1. The van der Waals surface area contributed by atoms with Gasteiger partial charge in [0, 0.05) is 31.0 Å². The highest BCUT2D eigenvalue weighted by atomic mass is 16.6. The van der Waals surface area contributed by atoms with Crippen molar-refractivity contribution in [3.05, 3.63) is 42.2 Å². The van der Waals surface area contributed by atoms with Crippen molar-refractivity contribution in [2.75, 3.05) is 19.3 Å². The number of aliphatic hydroxyl groups excluding tert-OH is 2. The van der Waals surface area contributed by atoms with Crippen LogP contribution in [0.1, 0.15) is 41.7 Å². The van der Waals surface area contributed by atoms with E-state index in [4.69, 9.17) is 10.5 Å². The van der Waals surface area contributed by atoms with Crippen molar-refractivity contribution in [3.8, 4) is 11.8 Å². The molecule has 13 nitrogen and oxygen atoms in total. The lowest BCUT2D eigenvalue weighted by atomic mass is 9.91. The van der Waals surface area contributed by atoms with E-state index in [0.29, 0.717) is 5.56 Å². The first-order valence-corrected chi connectivity index (χ1v) is 11.8. The Labute approximate surface area is 211 Å². The summed E-state index contributed by atoms with van der Waals surface area (Å²) in [4.78, 5) is 43.6. The molecule has 192 valence electrons. The number of anilines is 1. The average molecular weight is 507 g/mol. The summed E-state index contributed by atoms with van der Waals surface area (Å²) in [6, 6.07) is 3.46. The first kappa shape index (κ1) is 24.6. The molecule has 2 aliphatic rings. The summed E-state index contributed by atoms with van der Waals surface area (Å²) in [7, 11) is 1.40. The normalized spacial score (nSPS) is 23.2. The number of hydrogen-bond donors (Lipinski definition) is 4. The second-order valence-electron chi connectivity index (χ2n) is 8.85. The minimum atomic E-state index is -1.45. The smallest absolute Gasteiger partial charge is 0.255 e. The Bertz CT molecular complexity index is 1380. The molecule has 0 spiro atoms. The maximum atomic E-state index is 13.0. The number of amides is 2. The van der Waals surface area contributed by atoms with Gasteiger partial charge >= 0.3 is 0 Å². The zero-order valence-corrected chi connectivity index (χ0v) is 20.0. The molecule has 3 aromatic rings. The topological polar surface area (TPSA) is 182 Å². The van der Waals surface area contributed by atoms with Gasteiger partial charge in [0.15, 0.2) is 23.8 Å². The van der Waals surface area contributed by atoms with Gasteiger partial charge in [-0.15, -0.1) is 0 Å². The molecule has 1 saturated heterocycles. The molecule has 0 bridgehead atoms. The van der Waals surface area contributed by atoms with E-state index in [1.807, 2.05) is 0 Å². The SMILES string of the molecule is CNC(=O)[C@H]1O[C@@H](n2cnc3c(N)nc(C#CCN(C(=O)c4ccncc4)C4CCC4)nc32)[C@H](O)C1O. The van der Waals surface area contributed by atoms with Crippen LogP contribution in [-0.2, 0) is 9.53 Å². The molecule has 1 unspecified atom stereocenters. The minimum absolute atomic E-state index is 0.0626. The number of hydrogen-bond acceptors (Lipinski definition) is 10. The molecule has 4 heterocycles. The predicted octanol–water partition coefficient (Wildman–Crippen LogP) is -0.785. The molecule has 4 atom stereocenters. The van der Waals surface area contributed by atoms with Crippen LogP contribution in [0.3, 0.4) is 0 Å². The van der Waals surface area contributed by atoms with Crippen LogP contribution in [-0.4, -0.2) is 89.4 Å². The third-order valence-corrected chi connectivity index (χ3v) is 6.62. The van der Waals surface area contributed by atoms with Gasteiger partial charge in [-0.1, -0.05) is 5.92 Å². The van der Waals surface area contributed by atoms with Gasteiger partial charge < -0.3 is 30.9 Å².